The molecule has 1 aliphatic rings. The molecule has 0 heterocycles. The van der Waals surface area contributed by atoms with Crippen molar-refractivity contribution >= 4 is 17.7 Å². The number of carbonyl (C=O) groups excluding carboxylic acids is 1. The van der Waals surface area contributed by atoms with Gasteiger partial charge in [0.1, 0.15) is 6.61 Å². The van der Waals surface area contributed by atoms with Gasteiger partial charge in [0, 0.05) is 16.6 Å². The quantitative estimate of drug-likeness (QED) is 0.420. The number of hydrogen-bond donors (Lipinski definition) is 0. The van der Waals surface area contributed by atoms with E-state index < -0.39 is 0 Å². The molecule has 1 aliphatic carbocycles. The zero-order chi connectivity index (χ0) is 11.3. The van der Waals surface area contributed by atoms with Crippen LogP contribution in [0.3, 0.4) is 0 Å². The maximum atomic E-state index is 11.3. The molecule has 0 saturated heterocycles. The van der Waals surface area contributed by atoms with Gasteiger partial charge in [-0.25, -0.2) is 4.79 Å². The predicted octanol–water partition coefficient (Wildman–Crippen LogP) is 3.17. The Balaban J connectivity index is 2.07. The first-order valence-corrected chi connectivity index (χ1v) is 6.46. The van der Waals surface area contributed by atoms with E-state index in [2.05, 4.69) is 20.8 Å². The van der Waals surface area contributed by atoms with Crippen LogP contribution in [0.5, 0.6) is 0 Å². The molecule has 86 valence electrons. The number of allylic oxidation sites excluding steroid dienone is 1. The lowest BCUT2D eigenvalue weighted by atomic mass is 9.92. The average molecular weight is 228 g/mol. The molecule has 0 spiro atoms. The van der Waals surface area contributed by atoms with Crippen molar-refractivity contribution in [3.8, 4) is 0 Å². The van der Waals surface area contributed by atoms with Gasteiger partial charge in [0.05, 0.1) is 0 Å². The highest BCUT2D eigenvalue weighted by Crippen LogP contribution is 2.25. The summed E-state index contributed by atoms with van der Waals surface area (Å²) in [6, 6.07) is 0. The molecule has 0 aromatic heterocycles. The largest absolute Gasteiger partial charge is 0.462 e. The maximum absolute atomic E-state index is 11.3. The van der Waals surface area contributed by atoms with Gasteiger partial charge in [0.2, 0.25) is 0 Å². The summed E-state index contributed by atoms with van der Waals surface area (Å²) in [6.45, 7) is 7.01. The third-order valence-corrected chi connectivity index (χ3v) is 3.42. The minimum Gasteiger partial charge on any atom is -0.462 e. The topological polar surface area (TPSA) is 26.3 Å². The Labute approximate surface area is 96.5 Å². The Morgan fingerprint density at radius 1 is 1.47 bits per heavy atom. The van der Waals surface area contributed by atoms with Gasteiger partial charge in [0.25, 0.3) is 0 Å². The smallest absolute Gasteiger partial charge is 0.330 e. The molecule has 0 aromatic carbocycles. The molecule has 1 rings (SSSR count). The Kier molecular flexibility index (Phi) is 4.71. The predicted molar refractivity (Wildman–Crippen MR) is 65.1 cm³/mol. The average Bonchev–Trinajstić information content (AvgIpc) is 2.04. The van der Waals surface area contributed by atoms with Gasteiger partial charge in [-0.1, -0.05) is 26.3 Å². The molecule has 1 fully saturated rings. The highest BCUT2D eigenvalue weighted by Gasteiger charge is 2.12. The summed E-state index contributed by atoms with van der Waals surface area (Å²) < 4.78 is 5.36. The summed E-state index contributed by atoms with van der Waals surface area (Å²) in [6.07, 6.45) is 5.03. The maximum Gasteiger partial charge on any atom is 0.330 e. The molecule has 0 aliphatic heterocycles. The second-order valence-corrected chi connectivity index (χ2v) is 6.71. The van der Waals surface area contributed by atoms with E-state index in [-0.39, 0.29) is 10.7 Å². The van der Waals surface area contributed by atoms with Crippen LogP contribution >= 0.6 is 11.8 Å². The van der Waals surface area contributed by atoms with Crippen LogP contribution < -0.4 is 0 Å². The SMILES string of the molecule is CC(C)(C)SCCOC(=O)C=C1CCC1. The van der Waals surface area contributed by atoms with Crippen molar-refractivity contribution < 1.29 is 9.53 Å². The molecule has 3 heteroatoms. The molecule has 0 atom stereocenters. The van der Waals surface area contributed by atoms with Gasteiger partial charge in [-0.15, -0.1) is 0 Å². The van der Waals surface area contributed by atoms with Crippen molar-refractivity contribution in [2.45, 2.75) is 44.8 Å². The third-order valence-electron chi connectivity index (χ3n) is 2.18. The van der Waals surface area contributed by atoms with E-state index in [1.165, 1.54) is 12.0 Å². The first kappa shape index (κ1) is 12.6. The molecular formula is C12H20O2S. The number of ether oxygens (including phenoxy) is 1. The highest BCUT2D eigenvalue weighted by atomic mass is 32.2. The lowest BCUT2D eigenvalue weighted by Crippen LogP contribution is -2.13. The fourth-order valence-electron chi connectivity index (χ4n) is 1.22. The van der Waals surface area contributed by atoms with Crippen LogP contribution in [0, 0.1) is 0 Å². The van der Waals surface area contributed by atoms with Crippen molar-refractivity contribution in [2.75, 3.05) is 12.4 Å². The molecule has 2 nitrogen and oxygen atoms in total. The molecule has 15 heavy (non-hydrogen) atoms. The standard InChI is InChI=1S/C12H20O2S/c1-12(2,3)15-8-7-14-11(13)9-10-5-4-6-10/h9H,4-8H2,1-3H3. The monoisotopic (exact) mass is 228 g/mol. The molecule has 0 bridgehead atoms. The summed E-state index contributed by atoms with van der Waals surface area (Å²) in [5.41, 5.74) is 1.24. The fourth-order valence-corrected chi connectivity index (χ4v) is 2.00. The van der Waals surface area contributed by atoms with E-state index in [4.69, 9.17) is 4.74 Å². The van der Waals surface area contributed by atoms with Crippen LogP contribution in [0.4, 0.5) is 0 Å². The fraction of sp³-hybridized carbons (Fsp3) is 0.750. The van der Waals surface area contributed by atoms with Gasteiger partial charge < -0.3 is 4.74 Å². The Morgan fingerprint density at radius 3 is 2.60 bits per heavy atom. The highest BCUT2D eigenvalue weighted by molar-refractivity contribution is 8.00. The van der Waals surface area contributed by atoms with Gasteiger partial charge in [-0.3, -0.25) is 0 Å². The van der Waals surface area contributed by atoms with Crippen LogP contribution in [0.2, 0.25) is 0 Å². The first-order valence-electron chi connectivity index (χ1n) is 5.47. The first-order chi connectivity index (χ1) is 6.97. The Hall–Kier alpha value is -0.440. The van der Waals surface area contributed by atoms with Gasteiger partial charge in [-0.05, 0) is 19.3 Å². The number of rotatable bonds is 4. The van der Waals surface area contributed by atoms with Crippen LogP contribution in [0.15, 0.2) is 11.6 Å². The van der Waals surface area contributed by atoms with E-state index in [9.17, 15) is 4.79 Å². The molecule has 0 aromatic rings. The molecule has 1 saturated carbocycles. The zero-order valence-electron chi connectivity index (χ0n) is 9.84. The Morgan fingerprint density at radius 2 is 2.13 bits per heavy atom. The Bertz CT molecular complexity index is 245. The minimum absolute atomic E-state index is 0.167. The zero-order valence-corrected chi connectivity index (χ0v) is 10.7. The van der Waals surface area contributed by atoms with Crippen molar-refractivity contribution in [1.29, 1.82) is 0 Å². The van der Waals surface area contributed by atoms with Crippen molar-refractivity contribution in [2.24, 2.45) is 0 Å². The van der Waals surface area contributed by atoms with Gasteiger partial charge in [0.15, 0.2) is 0 Å². The van der Waals surface area contributed by atoms with Crippen molar-refractivity contribution in [1.82, 2.24) is 0 Å². The molecule has 0 unspecified atom stereocenters. The van der Waals surface area contributed by atoms with Crippen LogP contribution in [0.25, 0.3) is 0 Å². The van der Waals surface area contributed by atoms with Crippen LogP contribution in [-0.2, 0) is 9.53 Å². The van der Waals surface area contributed by atoms with E-state index >= 15 is 0 Å². The number of thioether (sulfide) groups is 1. The van der Waals surface area contributed by atoms with Gasteiger partial charge >= 0.3 is 5.97 Å². The summed E-state index contributed by atoms with van der Waals surface area (Å²) in [5, 5.41) is 0. The molecular weight excluding hydrogens is 208 g/mol. The third kappa shape index (κ3) is 5.88. The molecule has 0 N–H and O–H groups in total. The second-order valence-electron chi connectivity index (χ2n) is 4.78. The van der Waals surface area contributed by atoms with Crippen molar-refractivity contribution in [3.63, 3.8) is 0 Å². The minimum atomic E-state index is -0.167. The van der Waals surface area contributed by atoms with E-state index in [1.54, 1.807) is 6.08 Å². The number of carbonyl (C=O) groups is 1. The lowest BCUT2D eigenvalue weighted by Gasteiger charge is -2.17. The van der Waals surface area contributed by atoms with Gasteiger partial charge in [-0.2, -0.15) is 11.8 Å². The van der Waals surface area contributed by atoms with Crippen molar-refractivity contribution in [3.05, 3.63) is 11.6 Å². The summed E-state index contributed by atoms with van der Waals surface area (Å²) in [4.78, 5) is 11.3. The summed E-state index contributed by atoms with van der Waals surface area (Å²) >= 11 is 1.82. The molecule has 0 amide bonds. The summed E-state index contributed by atoms with van der Waals surface area (Å²) in [5.74, 6) is 0.706. The van der Waals surface area contributed by atoms with E-state index in [0.717, 1.165) is 18.6 Å². The molecule has 0 radical (unpaired) electrons. The summed E-state index contributed by atoms with van der Waals surface area (Å²) in [7, 11) is 0. The second kappa shape index (κ2) is 5.59. The number of hydrogen-bond acceptors (Lipinski definition) is 3. The lowest BCUT2D eigenvalue weighted by molar-refractivity contribution is -0.137. The number of esters is 1. The van der Waals surface area contributed by atoms with E-state index in [0.29, 0.717) is 6.61 Å². The van der Waals surface area contributed by atoms with Crippen LogP contribution in [0.1, 0.15) is 40.0 Å². The van der Waals surface area contributed by atoms with E-state index in [1.807, 2.05) is 11.8 Å². The van der Waals surface area contributed by atoms with Crippen LogP contribution in [-0.4, -0.2) is 23.1 Å². The normalized spacial score (nSPS) is 15.8.